The summed E-state index contributed by atoms with van der Waals surface area (Å²) in [7, 11) is 0. The molecule has 90 valence electrons. The monoisotopic (exact) mass is 247 g/mol. The van der Waals surface area contributed by atoms with E-state index in [1.807, 2.05) is 29.0 Å². The van der Waals surface area contributed by atoms with Crippen LogP contribution >= 0.6 is 11.3 Å². The van der Waals surface area contributed by atoms with Crippen molar-refractivity contribution in [2.24, 2.45) is 5.73 Å². The standard InChI is InChI=1S/C14H17NOS/c1-10-2-4-11(5-3-10)13(8-15)14(16)12-6-7-17-9-12/h2-7,9,13-14,16H,8,15H2,1H3. The van der Waals surface area contributed by atoms with Gasteiger partial charge in [0.15, 0.2) is 0 Å². The second-order valence-electron chi connectivity index (χ2n) is 4.25. The molecule has 0 bridgehead atoms. The molecule has 0 aliphatic carbocycles. The average molecular weight is 247 g/mol. The Balaban J connectivity index is 2.24. The first-order valence-corrected chi connectivity index (χ1v) is 6.63. The van der Waals surface area contributed by atoms with E-state index in [4.69, 9.17) is 5.73 Å². The Morgan fingerprint density at radius 2 is 1.88 bits per heavy atom. The van der Waals surface area contributed by atoms with Gasteiger partial charge in [-0.15, -0.1) is 0 Å². The van der Waals surface area contributed by atoms with E-state index in [-0.39, 0.29) is 5.92 Å². The minimum Gasteiger partial charge on any atom is -0.388 e. The lowest BCUT2D eigenvalue weighted by atomic mass is 9.90. The topological polar surface area (TPSA) is 46.2 Å². The van der Waals surface area contributed by atoms with Gasteiger partial charge < -0.3 is 10.8 Å². The normalized spacial score (nSPS) is 14.5. The summed E-state index contributed by atoms with van der Waals surface area (Å²) in [5, 5.41) is 14.3. The average Bonchev–Trinajstić information content (AvgIpc) is 2.86. The zero-order chi connectivity index (χ0) is 12.3. The van der Waals surface area contributed by atoms with Gasteiger partial charge in [0.2, 0.25) is 0 Å². The Bertz CT molecular complexity index is 450. The molecule has 3 heteroatoms. The predicted octanol–water partition coefficient (Wildman–Crippen LogP) is 2.83. The SMILES string of the molecule is Cc1ccc(C(CN)C(O)c2ccsc2)cc1. The second-order valence-corrected chi connectivity index (χ2v) is 5.03. The van der Waals surface area contributed by atoms with Gasteiger partial charge in [0.1, 0.15) is 0 Å². The Morgan fingerprint density at radius 3 is 2.41 bits per heavy atom. The van der Waals surface area contributed by atoms with E-state index >= 15 is 0 Å². The Morgan fingerprint density at radius 1 is 1.18 bits per heavy atom. The molecule has 17 heavy (non-hydrogen) atoms. The number of aryl methyl sites for hydroxylation is 1. The van der Waals surface area contributed by atoms with E-state index in [0.29, 0.717) is 6.54 Å². The van der Waals surface area contributed by atoms with Crippen LogP contribution in [-0.2, 0) is 0 Å². The molecule has 2 atom stereocenters. The first kappa shape index (κ1) is 12.3. The first-order valence-electron chi connectivity index (χ1n) is 5.69. The molecule has 0 amide bonds. The van der Waals surface area contributed by atoms with Crippen LogP contribution in [0.3, 0.4) is 0 Å². The summed E-state index contributed by atoms with van der Waals surface area (Å²) in [6.07, 6.45) is -0.519. The Kier molecular flexibility index (Phi) is 3.94. The number of benzene rings is 1. The molecule has 3 N–H and O–H groups in total. The van der Waals surface area contributed by atoms with E-state index in [9.17, 15) is 5.11 Å². The summed E-state index contributed by atoms with van der Waals surface area (Å²) in [6, 6.07) is 10.1. The summed E-state index contributed by atoms with van der Waals surface area (Å²) in [5.74, 6) is -0.0369. The van der Waals surface area contributed by atoms with Crippen LogP contribution in [0.1, 0.15) is 28.7 Å². The number of aliphatic hydroxyl groups is 1. The highest BCUT2D eigenvalue weighted by Gasteiger charge is 2.21. The Labute approximate surface area is 106 Å². The van der Waals surface area contributed by atoms with Crippen molar-refractivity contribution in [1.82, 2.24) is 0 Å². The third-order valence-electron chi connectivity index (χ3n) is 3.03. The van der Waals surface area contributed by atoms with Crippen LogP contribution in [0.4, 0.5) is 0 Å². The summed E-state index contributed by atoms with van der Waals surface area (Å²) in [5.41, 5.74) is 9.05. The third kappa shape index (κ3) is 2.75. The lowest BCUT2D eigenvalue weighted by Gasteiger charge is -2.21. The summed E-state index contributed by atoms with van der Waals surface area (Å²) >= 11 is 1.59. The van der Waals surface area contributed by atoms with Crippen LogP contribution in [0.25, 0.3) is 0 Å². The fraction of sp³-hybridized carbons (Fsp3) is 0.286. The molecule has 1 heterocycles. The minimum atomic E-state index is -0.519. The second kappa shape index (κ2) is 5.45. The van der Waals surface area contributed by atoms with Crippen LogP contribution in [-0.4, -0.2) is 11.7 Å². The quantitative estimate of drug-likeness (QED) is 0.872. The van der Waals surface area contributed by atoms with Crippen LogP contribution < -0.4 is 5.73 Å². The highest BCUT2D eigenvalue weighted by Crippen LogP contribution is 2.31. The molecular formula is C14H17NOS. The largest absolute Gasteiger partial charge is 0.388 e. The molecule has 2 rings (SSSR count). The summed E-state index contributed by atoms with van der Waals surface area (Å²) in [4.78, 5) is 0. The van der Waals surface area contributed by atoms with Crippen molar-refractivity contribution in [2.45, 2.75) is 18.9 Å². The maximum atomic E-state index is 10.3. The fourth-order valence-electron chi connectivity index (χ4n) is 1.94. The summed E-state index contributed by atoms with van der Waals surface area (Å²) in [6.45, 7) is 2.50. The number of hydrogen-bond acceptors (Lipinski definition) is 3. The van der Waals surface area contributed by atoms with E-state index in [1.54, 1.807) is 11.3 Å². The van der Waals surface area contributed by atoms with E-state index < -0.39 is 6.10 Å². The molecule has 0 radical (unpaired) electrons. The number of hydrogen-bond donors (Lipinski definition) is 2. The molecule has 0 aliphatic rings. The van der Waals surface area contributed by atoms with Gasteiger partial charge in [-0.2, -0.15) is 11.3 Å². The van der Waals surface area contributed by atoms with Crippen molar-refractivity contribution < 1.29 is 5.11 Å². The molecule has 0 saturated carbocycles. The molecule has 0 spiro atoms. The van der Waals surface area contributed by atoms with Crippen LogP contribution in [0.5, 0.6) is 0 Å². The molecule has 0 saturated heterocycles. The van der Waals surface area contributed by atoms with Crippen LogP contribution in [0, 0.1) is 6.92 Å². The Hall–Kier alpha value is -1.16. The smallest absolute Gasteiger partial charge is 0.0878 e. The predicted molar refractivity (Wildman–Crippen MR) is 72.3 cm³/mol. The highest BCUT2D eigenvalue weighted by molar-refractivity contribution is 7.07. The molecule has 2 aromatic rings. The van der Waals surface area contributed by atoms with Gasteiger partial charge in [-0.1, -0.05) is 29.8 Å². The van der Waals surface area contributed by atoms with Gasteiger partial charge in [0.05, 0.1) is 6.10 Å². The molecule has 2 unspecified atom stereocenters. The first-order chi connectivity index (χ1) is 8.22. The van der Waals surface area contributed by atoms with Crippen molar-refractivity contribution in [3.05, 3.63) is 57.8 Å². The van der Waals surface area contributed by atoms with Gasteiger partial charge in [-0.05, 0) is 34.9 Å². The van der Waals surface area contributed by atoms with Crippen molar-refractivity contribution >= 4 is 11.3 Å². The molecular weight excluding hydrogens is 230 g/mol. The minimum absolute atomic E-state index is 0.0369. The van der Waals surface area contributed by atoms with Crippen molar-refractivity contribution in [2.75, 3.05) is 6.54 Å². The molecule has 1 aromatic carbocycles. The zero-order valence-corrected chi connectivity index (χ0v) is 10.7. The molecule has 2 nitrogen and oxygen atoms in total. The van der Waals surface area contributed by atoms with Gasteiger partial charge in [-0.3, -0.25) is 0 Å². The maximum Gasteiger partial charge on any atom is 0.0878 e. The molecule has 1 aromatic heterocycles. The van der Waals surface area contributed by atoms with Gasteiger partial charge in [-0.25, -0.2) is 0 Å². The van der Waals surface area contributed by atoms with Crippen LogP contribution in [0.15, 0.2) is 41.1 Å². The maximum absolute atomic E-state index is 10.3. The number of aliphatic hydroxyl groups excluding tert-OH is 1. The number of nitrogens with two attached hydrogens (primary N) is 1. The fourth-order valence-corrected chi connectivity index (χ4v) is 2.63. The van der Waals surface area contributed by atoms with E-state index in [0.717, 1.165) is 11.1 Å². The van der Waals surface area contributed by atoms with Crippen molar-refractivity contribution in [3.8, 4) is 0 Å². The van der Waals surface area contributed by atoms with Gasteiger partial charge in [0.25, 0.3) is 0 Å². The van der Waals surface area contributed by atoms with E-state index in [2.05, 4.69) is 19.1 Å². The van der Waals surface area contributed by atoms with Gasteiger partial charge in [0, 0.05) is 12.5 Å². The zero-order valence-electron chi connectivity index (χ0n) is 9.84. The lowest BCUT2D eigenvalue weighted by molar-refractivity contribution is 0.148. The van der Waals surface area contributed by atoms with E-state index in [1.165, 1.54) is 5.56 Å². The lowest BCUT2D eigenvalue weighted by Crippen LogP contribution is -2.19. The number of rotatable bonds is 4. The van der Waals surface area contributed by atoms with Crippen molar-refractivity contribution in [3.63, 3.8) is 0 Å². The number of thiophene rings is 1. The molecule has 0 fully saturated rings. The summed E-state index contributed by atoms with van der Waals surface area (Å²) < 4.78 is 0. The molecule has 0 aliphatic heterocycles. The van der Waals surface area contributed by atoms with Crippen molar-refractivity contribution in [1.29, 1.82) is 0 Å². The third-order valence-corrected chi connectivity index (χ3v) is 3.73. The highest BCUT2D eigenvalue weighted by atomic mass is 32.1. The van der Waals surface area contributed by atoms with Crippen LogP contribution in [0.2, 0.25) is 0 Å². The van der Waals surface area contributed by atoms with Gasteiger partial charge >= 0.3 is 0 Å².